The number of hydrogen-bond donors (Lipinski definition) is 1. The van der Waals surface area contributed by atoms with E-state index in [1.54, 1.807) is 18.3 Å². The second-order valence-corrected chi connectivity index (χ2v) is 8.51. The minimum absolute atomic E-state index is 0.350. The molecule has 25 heavy (non-hydrogen) atoms. The zero-order valence-electron chi connectivity index (χ0n) is 14.8. The first kappa shape index (κ1) is 17.9. The van der Waals surface area contributed by atoms with Gasteiger partial charge in [-0.3, -0.25) is 4.98 Å². The maximum Gasteiger partial charge on any atom is 0.240 e. The highest BCUT2D eigenvalue weighted by Crippen LogP contribution is 2.22. The molecule has 1 N–H and O–H groups in total. The number of rotatable bonds is 5. The molecule has 134 valence electrons. The largest absolute Gasteiger partial charge is 0.370 e. The second kappa shape index (κ2) is 7.54. The summed E-state index contributed by atoms with van der Waals surface area (Å²) in [5, 5.41) is 0. The Morgan fingerprint density at radius 3 is 2.56 bits per heavy atom. The summed E-state index contributed by atoms with van der Waals surface area (Å²) in [6, 6.07) is 9.28. The van der Waals surface area contributed by atoms with E-state index >= 15 is 0 Å². The van der Waals surface area contributed by atoms with Crippen molar-refractivity contribution in [3.8, 4) is 0 Å². The first-order valence-corrected chi connectivity index (χ1v) is 10.2. The third-order valence-corrected chi connectivity index (χ3v) is 6.40. The van der Waals surface area contributed by atoms with Crippen molar-refractivity contribution < 1.29 is 8.42 Å². The number of hydrogen-bond acceptors (Lipinski definition) is 4. The number of aryl methyl sites for hydroxylation is 2. The Labute approximate surface area is 150 Å². The first-order chi connectivity index (χ1) is 12.0. The molecule has 0 unspecified atom stereocenters. The number of pyridine rings is 1. The highest BCUT2D eigenvalue weighted by atomic mass is 32.2. The molecule has 5 nitrogen and oxygen atoms in total. The van der Waals surface area contributed by atoms with E-state index in [4.69, 9.17) is 0 Å². The molecule has 0 aliphatic carbocycles. The predicted molar refractivity (Wildman–Crippen MR) is 100 cm³/mol. The smallest absolute Gasteiger partial charge is 0.240 e. The Kier molecular flexibility index (Phi) is 5.39. The van der Waals surface area contributed by atoms with E-state index in [1.807, 2.05) is 32.2 Å². The fourth-order valence-electron chi connectivity index (χ4n) is 3.13. The lowest BCUT2D eigenvalue weighted by Crippen LogP contribution is -2.38. The van der Waals surface area contributed by atoms with Crippen LogP contribution in [0.2, 0.25) is 0 Å². The molecular weight excluding hydrogens is 334 g/mol. The van der Waals surface area contributed by atoms with Crippen LogP contribution in [-0.2, 0) is 10.0 Å². The molecule has 3 rings (SSSR count). The Hall–Kier alpha value is -1.92. The van der Waals surface area contributed by atoms with Gasteiger partial charge in [0.2, 0.25) is 10.0 Å². The number of benzene rings is 1. The van der Waals surface area contributed by atoms with Crippen LogP contribution in [-0.4, -0.2) is 33.0 Å². The molecule has 1 saturated heterocycles. The van der Waals surface area contributed by atoms with Crippen molar-refractivity contribution in [3.63, 3.8) is 0 Å². The van der Waals surface area contributed by atoms with Crippen LogP contribution in [0.3, 0.4) is 0 Å². The average molecular weight is 359 g/mol. The molecule has 0 spiro atoms. The summed E-state index contributed by atoms with van der Waals surface area (Å²) in [5.74, 6) is 0.370. The first-order valence-electron chi connectivity index (χ1n) is 8.67. The Morgan fingerprint density at radius 1 is 1.16 bits per heavy atom. The van der Waals surface area contributed by atoms with Crippen LogP contribution >= 0.6 is 0 Å². The molecule has 6 heteroatoms. The molecular formula is C19H25N3O2S. The van der Waals surface area contributed by atoms with Crippen molar-refractivity contribution in [3.05, 3.63) is 53.9 Å². The average Bonchev–Trinajstić information content (AvgIpc) is 2.63. The van der Waals surface area contributed by atoms with E-state index in [2.05, 4.69) is 20.7 Å². The number of aromatic nitrogens is 1. The fraction of sp³-hybridized carbons (Fsp3) is 0.421. The number of anilines is 1. The second-order valence-electron chi connectivity index (χ2n) is 6.74. The van der Waals surface area contributed by atoms with E-state index in [0.29, 0.717) is 17.4 Å². The molecule has 0 amide bonds. The van der Waals surface area contributed by atoms with E-state index in [9.17, 15) is 8.42 Å². The molecule has 0 saturated carbocycles. The van der Waals surface area contributed by atoms with Crippen molar-refractivity contribution in [1.29, 1.82) is 0 Å². The summed E-state index contributed by atoms with van der Waals surface area (Å²) in [6.45, 7) is 6.28. The minimum atomic E-state index is -3.44. The summed E-state index contributed by atoms with van der Waals surface area (Å²) < 4.78 is 27.8. The van der Waals surface area contributed by atoms with Crippen LogP contribution in [0, 0.1) is 19.8 Å². The van der Waals surface area contributed by atoms with Gasteiger partial charge < -0.3 is 4.90 Å². The highest BCUT2D eigenvalue weighted by Gasteiger charge is 2.22. The molecule has 2 heterocycles. The highest BCUT2D eigenvalue weighted by molar-refractivity contribution is 7.89. The predicted octanol–water partition coefficient (Wildman–Crippen LogP) is 2.89. The molecule has 2 aromatic rings. The van der Waals surface area contributed by atoms with Gasteiger partial charge in [0.1, 0.15) is 0 Å². The third kappa shape index (κ3) is 4.38. The lowest BCUT2D eigenvalue weighted by atomic mass is 9.97. The standard InChI is InChI=1S/C19H25N3O2S/c1-15-5-6-19(12-16(15)2)25(23,24)21-13-17-7-10-22(11-8-17)18-4-3-9-20-14-18/h3-6,9,12,14,17,21H,7-8,10-11,13H2,1-2H3. The Bertz CT molecular complexity index is 814. The monoisotopic (exact) mass is 359 g/mol. The van der Waals surface area contributed by atoms with Gasteiger partial charge in [-0.2, -0.15) is 0 Å². The van der Waals surface area contributed by atoms with Gasteiger partial charge in [0.25, 0.3) is 0 Å². The summed E-state index contributed by atoms with van der Waals surface area (Å²) in [5.41, 5.74) is 3.23. The van der Waals surface area contributed by atoms with Crippen molar-refractivity contribution in [2.75, 3.05) is 24.5 Å². The van der Waals surface area contributed by atoms with Crippen LogP contribution in [0.4, 0.5) is 5.69 Å². The summed E-state index contributed by atoms with van der Waals surface area (Å²) in [4.78, 5) is 6.82. The minimum Gasteiger partial charge on any atom is -0.370 e. The van der Waals surface area contributed by atoms with Gasteiger partial charge in [0.15, 0.2) is 0 Å². The van der Waals surface area contributed by atoms with E-state index in [-0.39, 0.29) is 0 Å². The Morgan fingerprint density at radius 2 is 1.92 bits per heavy atom. The molecule has 1 fully saturated rings. The SMILES string of the molecule is Cc1ccc(S(=O)(=O)NCC2CCN(c3cccnc3)CC2)cc1C. The van der Waals surface area contributed by atoms with Crippen LogP contribution < -0.4 is 9.62 Å². The molecule has 1 aliphatic rings. The number of sulfonamides is 1. The summed E-state index contributed by atoms with van der Waals surface area (Å²) >= 11 is 0. The molecule has 0 radical (unpaired) electrons. The fourth-order valence-corrected chi connectivity index (χ4v) is 4.33. The van der Waals surface area contributed by atoms with E-state index in [1.165, 1.54) is 0 Å². The topological polar surface area (TPSA) is 62.3 Å². The van der Waals surface area contributed by atoms with Crippen molar-refractivity contribution >= 4 is 15.7 Å². The maximum absolute atomic E-state index is 12.5. The normalized spacial score (nSPS) is 16.2. The van der Waals surface area contributed by atoms with Gasteiger partial charge in [-0.15, -0.1) is 0 Å². The van der Waals surface area contributed by atoms with Gasteiger partial charge in [-0.25, -0.2) is 13.1 Å². The van der Waals surface area contributed by atoms with Gasteiger partial charge in [0, 0.05) is 25.8 Å². The van der Waals surface area contributed by atoms with Gasteiger partial charge in [-0.1, -0.05) is 6.07 Å². The zero-order valence-corrected chi connectivity index (χ0v) is 15.6. The summed E-state index contributed by atoms with van der Waals surface area (Å²) in [6.07, 6.45) is 5.61. The van der Waals surface area contributed by atoms with Gasteiger partial charge in [0.05, 0.1) is 16.8 Å². The van der Waals surface area contributed by atoms with Crippen LogP contribution in [0.1, 0.15) is 24.0 Å². The van der Waals surface area contributed by atoms with Gasteiger partial charge in [-0.05, 0) is 68.0 Å². The number of nitrogens with zero attached hydrogens (tertiary/aromatic N) is 2. The van der Waals surface area contributed by atoms with Crippen LogP contribution in [0.25, 0.3) is 0 Å². The maximum atomic E-state index is 12.5. The molecule has 1 aromatic heterocycles. The van der Waals surface area contributed by atoms with E-state index < -0.39 is 10.0 Å². The van der Waals surface area contributed by atoms with Crippen LogP contribution in [0.15, 0.2) is 47.6 Å². The lowest BCUT2D eigenvalue weighted by molar-refractivity contribution is 0.402. The van der Waals surface area contributed by atoms with Crippen molar-refractivity contribution in [1.82, 2.24) is 9.71 Å². The molecule has 0 atom stereocenters. The van der Waals surface area contributed by atoms with Crippen LogP contribution in [0.5, 0.6) is 0 Å². The zero-order chi connectivity index (χ0) is 17.9. The molecule has 0 bridgehead atoms. The third-order valence-electron chi connectivity index (χ3n) is 4.98. The quantitative estimate of drug-likeness (QED) is 0.892. The van der Waals surface area contributed by atoms with Crippen molar-refractivity contribution in [2.45, 2.75) is 31.6 Å². The van der Waals surface area contributed by atoms with Crippen molar-refractivity contribution in [2.24, 2.45) is 5.92 Å². The number of nitrogens with one attached hydrogen (secondary N) is 1. The number of piperidine rings is 1. The van der Waals surface area contributed by atoms with E-state index in [0.717, 1.165) is 42.7 Å². The Balaban J connectivity index is 1.55. The van der Waals surface area contributed by atoms with Gasteiger partial charge >= 0.3 is 0 Å². The summed E-state index contributed by atoms with van der Waals surface area (Å²) in [7, 11) is -3.44. The molecule has 1 aliphatic heterocycles. The molecule has 1 aromatic carbocycles. The lowest BCUT2D eigenvalue weighted by Gasteiger charge is -2.33.